The van der Waals surface area contributed by atoms with Gasteiger partial charge >= 0.3 is 6.03 Å². The van der Waals surface area contributed by atoms with Crippen molar-refractivity contribution in [1.82, 2.24) is 10.6 Å². The molecule has 2 atom stereocenters. The second-order valence-corrected chi connectivity index (χ2v) is 7.09. The van der Waals surface area contributed by atoms with Crippen LogP contribution >= 0.6 is 0 Å². The van der Waals surface area contributed by atoms with Crippen LogP contribution < -0.4 is 10.6 Å². The molecule has 1 heterocycles. The normalized spacial score (nSPS) is 18.8. The molecule has 2 unspecified atom stereocenters. The molecule has 124 valence electrons. The molecule has 0 radical (unpaired) electrons. The third kappa shape index (κ3) is 5.05. The van der Waals surface area contributed by atoms with E-state index in [-0.39, 0.29) is 12.1 Å². The predicted octanol–water partition coefficient (Wildman–Crippen LogP) is 3.22. The lowest BCUT2D eigenvalue weighted by Crippen LogP contribution is -2.43. The maximum atomic E-state index is 12.0. The van der Waals surface area contributed by atoms with Crippen LogP contribution in [0.5, 0.6) is 0 Å². The zero-order valence-corrected chi connectivity index (χ0v) is 13.8. The second kappa shape index (κ2) is 7.18. The Labute approximate surface area is 132 Å². The van der Waals surface area contributed by atoms with Gasteiger partial charge in [0.1, 0.15) is 11.9 Å². The minimum Gasteiger partial charge on any atom is -0.467 e. The largest absolute Gasteiger partial charge is 0.467 e. The average Bonchev–Trinajstić information content (AvgIpc) is 2.97. The van der Waals surface area contributed by atoms with E-state index in [2.05, 4.69) is 24.5 Å². The van der Waals surface area contributed by atoms with Gasteiger partial charge in [0, 0.05) is 19.0 Å². The lowest BCUT2D eigenvalue weighted by Gasteiger charge is -2.20. The predicted molar refractivity (Wildman–Crippen MR) is 85.4 cm³/mol. The number of aliphatic hydroxyl groups excluding tert-OH is 1. The number of hydrogen-bond donors (Lipinski definition) is 3. The van der Waals surface area contributed by atoms with E-state index in [0.717, 1.165) is 6.54 Å². The standard InChI is InChI=1S/C17H28N2O3/c1-12(2)10-17(6-7-17)11-18-16(21)19-13(3)9-14(20)15-5-4-8-22-15/h4-5,8,12-14,20H,6-7,9-11H2,1-3H3,(H2,18,19,21). The fourth-order valence-electron chi connectivity index (χ4n) is 3.03. The van der Waals surface area contributed by atoms with E-state index < -0.39 is 6.10 Å². The van der Waals surface area contributed by atoms with Crippen LogP contribution in [0.2, 0.25) is 0 Å². The molecule has 5 nitrogen and oxygen atoms in total. The number of carbonyl (C=O) groups is 1. The van der Waals surface area contributed by atoms with Crippen LogP contribution in [0.3, 0.4) is 0 Å². The summed E-state index contributed by atoms with van der Waals surface area (Å²) < 4.78 is 5.16. The third-order valence-corrected chi connectivity index (χ3v) is 4.25. The van der Waals surface area contributed by atoms with E-state index >= 15 is 0 Å². The van der Waals surface area contributed by atoms with Crippen molar-refractivity contribution in [3.63, 3.8) is 0 Å². The van der Waals surface area contributed by atoms with Crippen LogP contribution in [-0.2, 0) is 0 Å². The van der Waals surface area contributed by atoms with Gasteiger partial charge in [-0.15, -0.1) is 0 Å². The third-order valence-electron chi connectivity index (χ3n) is 4.25. The van der Waals surface area contributed by atoms with Crippen molar-refractivity contribution < 1.29 is 14.3 Å². The zero-order valence-electron chi connectivity index (χ0n) is 13.8. The average molecular weight is 308 g/mol. The van der Waals surface area contributed by atoms with Gasteiger partial charge < -0.3 is 20.2 Å². The lowest BCUT2D eigenvalue weighted by molar-refractivity contribution is 0.129. The minimum atomic E-state index is -0.694. The molecule has 0 saturated heterocycles. The minimum absolute atomic E-state index is 0.125. The van der Waals surface area contributed by atoms with Crippen LogP contribution in [0.15, 0.2) is 22.8 Å². The van der Waals surface area contributed by atoms with Crippen molar-refractivity contribution in [3.05, 3.63) is 24.2 Å². The summed E-state index contributed by atoms with van der Waals surface area (Å²) in [5, 5.41) is 15.8. The quantitative estimate of drug-likeness (QED) is 0.690. The Morgan fingerprint density at radius 2 is 2.14 bits per heavy atom. The summed E-state index contributed by atoms with van der Waals surface area (Å²) >= 11 is 0. The highest BCUT2D eigenvalue weighted by Crippen LogP contribution is 2.49. The van der Waals surface area contributed by atoms with Crippen molar-refractivity contribution in [1.29, 1.82) is 0 Å². The first-order chi connectivity index (χ1) is 10.4. The van der Waals surface area contributed by atoms with Crippen molar-refractivity contribution >= 4 is 6.03 Å². The molecule has 0 bridgehead atoms. The van der Waals surface area contributed by atoms with Gasteiger partial charge in [0.2, 0.25) is 0 Å². The number of rotatable bonds is 8. The van der Waals surface area contributed by atoms with Gasteiger partial charge in [-0.3, -0.25) is 0 Å². The van der Waals surface area contributed by atoms with Gasteiger partial charge in [-0.1, -0.05) is 13.8 Å². The Balaban J connectivity index is 1.68. The summed E-state index contributed by atoms with van der Waals surface area (Å²) in [4.78, 5) is 12.0. The van der Waals surface area contributed by atoms with Crippen LogP contribution in [0.1, 0.15) is 58.3 Å². The molecule has 0 aliphatic heterocycles. The first-order valence-electron chi connectivity index (χ1n) is 8.16. The molecule has 1 aromatic rings. The molecular weight excluding hydrogens is 280 g/mol. The molecule has 0 aromatic carbocycles. The molecule has 1 aliphatic rings. The molecule has 0 spiro atoms. The Morgan fingerprint density at radius 3 is 2.68 bits per heavy atom. The van der Waals surface area contributed by atoms with Gasteiger partial charge in [-0.2, -0.15) is 0 Å². The number of nitrogens with one attached hydrogen (secondary N) is 2. The van der Waals surface area contributed by atoms with Crippen LogP contribution in [0.4, 0.5) is 4.79 Å². The van der Waals surface area contributed by atoms with Crippen LogP contribution in [0, 0.1) is 11.3 Å². The molecule has 1 aliphatic carbocycles. The summed E-state index contributed by atoms with van der Waals surface area (Å²) in [6, 6.07) is 3.20. The maximum Gasteiger partial charge on any atom is 0.315 e. The summed E-state index contributed by atoms with van der Waals surface area (Å²) in [6.07, 6.45) is 4.85. The number of carbonyl (C=O) groups excluding carboxylic acids is 1. The summed E-state index contributed by atoms with van der Waals surface area (Å²) in [6.45, 7) is 7.06. The lowest BCUT2D eigenvalue weighted by atomic mass is 9.94. The topological polar surface area (TPSA) is 74.5 Å². The SMILES string of the molecule is CC(C)CC1(CNC(=O)NC(C)CC(O)c2ccco2)CC1. The number of amides is 2. The monoisotopic (exact) mass is 308 g/mol. The fourth-order valence-corrected chi connectivity index (χ4v) is 3.03. The molecule has 1 fully saturated rings. The Morgan fingerprint density at radius 1 is 1.41 bits per heavy atom. The molecular formula is C17H28N2O3. The maximum absolute atomic E-state index is 12.0. The summed E-state index contributed by atoms with van der Waals surface area (Å²) in [5.74, 6) is 1.19. The number of aliphatic hydroxyl groups is 1. The number of urea groups is 1. The van der Waals surface area contributed by atoms with E-state index in [1.807, 2.05) is 6.92 Å². The summed E-state index contributed by atoms with van der Waals surface area (Å²) in [7, 11) is 0. The Bertz CT molecular complexity index is 466. The van der Waals surface area contributed by atoms with Gasteiger partial charge in [0.05, 0.1) is 6.26 Å². The van der Waals surface area contributed by atoms with Gasteiger partial charge in [-0.05, 0) is 49.7 Å². The highest BCUT2D eigenvalue weighted by Gasteiger charge is 2.42. The zero-order chi connectivity index (χ0) is 16.2. The second-order valence-electron chi connectivity index (χ2n) is 7.09. The van der Waals surface area contributed by atoms with Gasteiger partial charge in [-0.25, -0.2) is 4.79 Å². The fraction of sp³-hybridized carbons (Fsp3) is 0.706. The summed E-state index contributed by atoms with van der Waals surface area (Å²) in [5.41, 5.74) is 0.322. The van der Waals surface area contributed by atoms with E-state index in [0.29, 0.717) is 23.5 Å². The van der Waals surface area contributed by atoms with E-state index in [1.165, 1.54) is 25.5 Å². The van der Waals surface area contributed by atoms with Gasteiger partial charge in [0.25, 0.3) is 0 Å². The van der Waals surface area contributed by atoms with Crippen molar-refractivity contribution in [2.24, 2.45) is 11.3 Å². The van der Waals surface area contributed by atoms with E-state index in [1.54, 1.807) is 12.1 Å². The molecule has 1 aromatic heterocycles. The number of hydrogen-bond acceptors (Lipinski definition) is 3. The van der Waals surface area contributed by atoms with Crippen molar-refractivity contribution in [2.75, 3.05) is 6.54 Å². The Hall–Kier alpha value is -1.49. The molecule has 1 saturated carbocycles. The van der Waals surface area contributed by atoms with Crippen molar-refractivity contribution in [3.8, 4) is 0 Å². The smallest absolute Gasteiger partial charge is 0.315 e. The first kappa shape index (κ1) is 16.9. The van der Waals surface area contributed by atoms with Crippen LogP contribution in [0.25, 0.3) is 0 Å². The molecule has 22 heavy (non-hydrogen) atoms. The first-order valence-corrected chi connectivity index (χ1v) is 8.16. The van der Waals surface area contributed by atoms with Crippen LogP contribution in [-0.4, -0.2) is 23.7 Å². The van der Waals surface area contributed by atoms with Crippen molar-refractivity contribution in [2.45, 2.75) is 58.6 Å². The molecule has 3 N–H and O–H groups in total. The Kier molecular flexibility index (Phi) is 5.51. The molecule has 2 rings (SSSR count). The molecule has 5 heteroatoms. The van der Waals surface area contributed by atoms with E-state index in [4.69, 9.17) is 4.42 Å². The highest BCUT2D eigenvalue weighted by atomic mass is 16.4. The molecule has 2 amide bonds. The number of furan rings is 1. The van der Waals surface area contributed by atoms with Gasteiger partial charge in [0.15, 0.2) is 0 Å². The van der Waals surface area contributed by atoms with E-state index in [9.17, 15) is 9.90 Å². The highest BCUT2D eigenvalue weighted by molar-refractivity contribution is 5.74.